The number of hydrogen-bond acceptors (Lipinski definition) is 6. The highest BCUT2D eigenvalue weighted by molar-refractivity contribution is 5.98. The molecule has 25 heavy (non-hydrogen) atoms. The molecule has 0 spiro atoms. The van der Waals surface area contributed by atoms with Crippen LogP contribution in [0.1, 0.15) is 12.0 Å². The highest BCUT2D eigenvalue weighted by Gasteiger charge is 2.40. The minimum absolute atomic E-state index is 0.166. The van der Waals surface area contributed by atoms with Crippen molar-refractivity contribution < 1.29 is 28.6 Å². The number of carbonyl (C=O) groups excluding carboxylic acids is 3. The summed E-state index contributed by atoms with van der Waals surface area (Å²) in [6.07, 6.45) is 3.11. The van der Waals surface area contributed by atoms with Crippen LogP contribution in [-0.2, 0) is 14.3 Å². The van der Waals surface area contributed by atoms with Gasteiger partial charge in [-0.05, 0) is 30.2 Å². The SMILES string of the molecule is O=C(/C=C/c1ccc2c(c1)OCO2)N1CC[C@@H](N2C(=O)COC2=O)C1. The summed E-state index contributed by atoms with van der Waals surface area (Å²) in [5, 5.41) is 0. The van der Waals surface area contributed by atoms with E-state index >= 15 is 0 Å². The van der Waals surface area contributed by atoms with E-state index in [2.05, 4.69) is 0 Å². The summed E-state index contributed by atoms with van der Waals surface area (Å²) in [7, 11) is 0. The fourth-order valence-electron chi connectivity index (χ4n) is 3.16. The normalized spacial score (nSPS) is 22.2. The number of imide groups is 1. The second-order valence-electron chi connectivity index (χ2n) is 5.99. The number of ether oxygens (including phenoxy) is 3. The molecule has 8 nitrogen and oxygen atoms in total. The predicted molar refractivity (Wildman–Crippen MR) is 84.8 cm³/mol. The topological polar surface area (TPSA) is 85.4 Å². The second kappa shape index (κ2) is 6.12. The van der Waals surface area contributed by atoms with E-state index in [0.717, 1.165) is 10.5 Å². The molecule has 0 unspecified atom stereocenters. The first kappa shape index (κ1) is 15.5. The van der Waals surface area contributed by atoms with Crippen molar-refractivity contribution in [2.24, 2.45) is 0 Å². The Bertz CT molecular complexity index is 758. The van der Waals surface area contributed by atoms with Crippen LogP contribution >= 0.6 is 0 Å². The average molecular weight is 344 g/mol. The summed E-state index contributed by atoms with van der Waals surface area (Å²) >= 11 is 0. The number of amides is 3. The number of likely N-dealkylation sites (tertiary alicyclic amines) is 1. The molecule has 3 amide bonds. The molecular weight excluding hydrogens is 328 g/mol. The van der Waals surface area contributed by atoms with Gasteiger partial charge in [-0.2, -0.15) is 0 Å². The zero-order chi connectivity index (χ0) is 17.4. The van der Waals surface area contributed by atoms with E-state index in [9.17, 15) is 14.4 Å². The third-order valence-electron chi connectivity index (χ3n) is 4.44. The molecule has 8 heteroatoms. The van der Waals surface area contributed by atoms with E-state index in [4.69, 9.17) is 14.2 Å². The lowest BCUT2D eigenvalue weighted by Gasteiger charge is -2.19. The number of nitrogens with zero attached hydrogens (tertiary/aromatic N) is 2. The lowest BCUT2D eigenvalue weighted by Crippen LogP contribution is -2.41. The van der Waals surface area contributed by atoms with Crippen molar-refractivity contribution in [3.05, 3.63) is 29.8 Å². The van der Waals surface area contributed by atoms with Gasteiger partial charge in [-0.25, -0.2) is 9.69 Å². The fraction of sp³-hybridized carbons (Fsp3) is 0.353. The Hall–Kier alpha value is -3.03. The number of cyclic esters (lactones) is 1. The second-order valence-corrected chi connectivity index (χ2v) is 5.99. The van der Waals surface area contributed by atoms with Gasteiger partial charge in [0.05, 0.1) is 6.04 Å². The smallest absolute Gasteiger partial charge is 0.417 e. The summed E-state index contributed by atoms with van der Waals surface area (Å²) in [5.41, 5.74) is 0.826. The van der Waals surface area contributed by atoms with E-state index in [1.54, 1.807) is 23.1 Å². The van der Waals surface area contributed by atoms with Gasteiger partial charge in [0, 0.05) is 19.2 Å². The van der Waals surface area contributed by atoms with Crippen LogP contribution in [0.2, 0.25) is 0 Å². The van der Waals surface area contributed by atoms with Crippen LogP contribution in [0.5, 0.6) is 11.5 Å². The van der Waals surface area contributed by atoms with Gasteiger partial charge in [0.25, 0.3) is 5.91 Å². The summed E-state index contributed by atoms with van der Waals surface area (Å²) in [4.78, 5) is 38.4. The van der Waals surface area contributed by atoms with Gasteiger partial charge in [0.1, 0.15) is 0 Å². The summed E-state index contributed by atoms with van der Waals surface area (Å²) < 4.78 is 15.3. The maximum Gasteiger partial charge on any atom is 0.417 e. The van der Waals surface area contributed by atoms with Gasteiger partial charge in [0.15, 0.2) is 18.1 Å². The number of fused-ring (bicyclic) bond motifs is 1. The predicted octanol–water partition coefficient (Wildman–Crippen LogP) is 1.01. The maximum atomic E-state index is 12.3. The number of carbonyl (C=O) groups is 3. The summed E-state index contributed by atoms with van der Waals surface area (Å²) in [5.74, 6) is 0.829. The Morgan fingerprint density at radius 2 is 2.00 bits per heavy atom. The van der Waals surface area contributed by atoms with Gasteiger partial charge in [0.2, 0.25) is 12.7 Å². The fourth-order valence-corrected chi connectivity index (χ4v) is 3.16. The number of benzene rings is 1. The molecule has 130 valence electrons. The molecule has 1 atom stereocenters. The largest absolute Gasteiger partial charge is 0.454 e. The third-order valence-corrected chi connectivity index (χ3v) is 4.44. The Morgan fingerprint density at radius 1 is 1.16 bits per heavy atom. The van der Waals surface area contributed by atoms with E-state index in [-0.39, 0.29) is 31.3 Å². The molecule has 0 saturated carbocycles. The maximum absolute atomic E-state index is 12.3. The molecule has 2 fully saturated rings. The number of hydrogen-bond donors (Lipinski definition) is 0. The molecule has 0 bridgehead atoms. The van der Waals surface area contributed by atoms with E-state index < -0.39 is 6.09 Å². The molecule has 0 aromatic heterocycles. The van der Waals surface area contributed by atoms with Crippen LogP contribution < -0.4 is 9.47 Å². The van der Waals surface area contributed by atoms with Crippen molar-refractivity contribution in [2.75, 3.05) is 26.5 Å². The number of rotatable bonds is 3. The van der Waals surface area contributed by atoms with Gasteiger partial charge in [-0.1, -0.05) is 6.07 Å². The molecule has 3 aliphatic heterocycles. The zero-order valence-corrected chi connectivity index (χ0v) is 13.3. The Kier molecular flexibility index (Phi) is 3.79. The van der Waals surface area contributed by atoms with Crippen molar-refractivity contribution in [2.45, 2.75) is 12.5 Å². The van der Waals surface area contributed by atoms with Crippen molar-refractivity contribution in [1.29, 1.82) is 0 Å². The van der Waals surface area contributed by atoms with Crippen LogP contribution in [0.25, 0.3) is 6.08 Å². The van der Waals surface area contributed by atoms with E-state index in [1.807, 2.05) is 6.07 Å². The minimum atomic E-state index is -0.625. The van der Waals surface area contributed by atoms with Crippen molar-refractivity contribution in [3.8, 4) is 11.5 Å². The first-order valence-electron chi connectivity index (χ1n) is 7.97. The van der Waals surface area contributed by atoms with Crippen LogP contribution in [-0.4, -0.2) is 60.2 Å². The third kappa shape index (κ3) is 2.90. The summed E-state index contributed by atoms with van der Waals surface area (Å²) in [6, 6.07) is 5.12. The monoisotopic (exact) mass is 344 g/mol. The molecule has 0 radical (unpaired) electrons. The van der Waals surface area contributed by atoms with E-state index in [0.29, 0.717) is 31.0 Å². The van der Waals surface area contributed by atoms with Crippen molar-refractivity contribution >= 4 is 24.0 Å². The molecule has 4 rings (SSSR count). The Labute approximate surface area is 143 Å². The van der Waals surface area contributed by atoms with Gasteiger partial charge >= 0.3 is 6.09 Å². The molecular formula is C17H16N2O6. The summed E-state index contributed by atoms with van der Waals surface area (Å²) in [6.45, 7) is 0.804. The molecule has 0 aliphatic carbocycles. The molecule has 1 aromatic rings. The molecule has 3 heterocycles. The lowest BCUT2D eigenvalue weighted by atomic mass is 10.2. The van der Waals surface area contributed by atoms with Crippen LogP contribution in [0.3, 0.4) is 0 Å². The van der Waals surface area contributed by atoms with Crippen LogP contribution in [0, 0.1) is 0 Å². The lowest BCUT2D eigenvalue weighted by molar-refractivity contribution is -0.128. The zero-order valence-electron chi connectivity index (χ0n) is 13.3. The quantitative estimate of drug-likeness (QED) is 0.761. The van der Waals surface area contributed by atoms with E-state index in [1.165, 1.54) is 6.08 Å². The minimum Gasteiger partial charge on any atom is -0.454 e. The standard InChI is InChI=1S/C17H16N2O6/c20-15(4-2-11-1-3-13-14(7-11)25-10-24-13)18-6-5-12(8-18)19-16(21)9-23-17(19)22/h1-4,7,12H,5-6,8-10H2/b4-2+/t12-/m1/s1. The first-order valence-corrected chi connectivity index (χ1v) is 7.97. The van der Waals surface area contributed by atoms with Crippen molar-refractivity contribution in [3.63, 3.8) is 0 Å². The highest BCUT2D eigenvalue weighted by Crippen LogP contribution is 2.32. The van der Waals surface area contributed by atoms with Crippen molar-refractivity contribution in [1.82, 2.24) is 9.80 Å². The van der Waals surface area contributed by atoms with Crippen LogP contribution in [0.15, 0.2) is 24.3 Å². The van der Waals surface area contributed by atoms with Crippen LogP contribution in [0.4, 0.5) is 4.79 Å². The van der Waals surface area contributed by atoms with Gasteiger partial charge in [-0.15, -0.1) is 0 Å². The van der Waals surface area contributed by atoms with Gasteiger partial charge < -0.3 is 19.1 Å². The Morgan fingerprint density at radius 3 is 2.80 bits per heavy atom. The Balaban J connectivity index is 1.39. The molecule has 1 aromatic carbocycles. The molecule has 2 saturated heterocycles. The average Bonchev–Trinajstić information content (AvgIpc) is 3.32. The van der Waals surface area contributed by atoms with Gasteiger partial charge in [-0.3, -0.25) is 9.59 Å². The first-order chi connectivity index (χ1) is 12.1. The highest BCUT2D eigenvalue weighted by atomic mass is 16.7. The molecule has 3 aliphatic rings. The molecule has 0 N–H and O–H groups in total.